The minimum Gasteiger partial charge on any atom is -0.416 e. The second-order valence-corrected chi connectivity index (χ2v) is 6.06. The third-order valence-electron chi connectivity index (χ3n) is 2.60. The molecule has 0 saturated carbocycles. The van der Waals surface area contributed by atoms with Gasteiger partial charge in [-0.05, 0) is 20.3 Å². The number of hydrogen-bond donors (Lipinski definition) is 1. The molecule has 1 aromatic rings. The van der Waals surface area contributed by atoms with Gasteiger partial charge in [0, 0.05) is 11.5 Å². The Labute approximate surface area is 112 Å². The zero-order valence-corrected chi connectivity index (χ0v) is 12.4. The summed E-state index contributed by atoms with van der Waals surface area (Å²) in [5.41, 5.74) is -0.171. The summed E-state index contributed by atoms with van der Waals surface area (Å²) in [6, 6.07) is 0. The van der Waals surface area contributed by atoms with Crippen molar-refractivity contribution in [1.82, 2.24) is 15.5 Å². The van der Waals surface area contributed by atoms with Crippen LogP contribution in [-0.2, 0) is 4.79 Å². The van der Waals surface area contributed by atoms with Gasteiger partial charge < -0.3 is 9.73 Å². The molecule has 0 spiro atoms. The molecule has 5 nitrogen and oxygen atoms in total. The predicted octanol–water partition coefficient (Wildman–Crippen LogP) is 2.59. The maximum atomic E-state index is 11.7. The van der Waals surface area contributed by atoms with Gasteiger partial charge in [0.1, 0.15) is 0 Å². The molecular formula is C12H21N3O2S. The third-order valence-corrected chi connectivity index (χ3v) is 3.42. The SMILES string of the molecule is CCC(C)(C)NC(=O)CSc1nnc(C(C)C)o1. The second-order valence-electron chi connectivity index (χ2n) is 5.14. The molecule has 0 bridgehead atoms. The number of carbonyl (C=O) groups excluding carboxylic acids is 1. The lowest BCUT2D eigenvalue weighted by molar-refractivity contribution is -0.120. The summed E-state index contributed by atoms with van der Waals surface area (Å²) in [6.07, 6.45) is 0.890. The number of aromatic nitrogens is 2. The molecule has 1 amide bonds. The monoisotopic (exact) mass is 271 g/mol. The Bertz CT molecular complexity index is 402. The number of thioether (sulfide) groups is 1. The Hall–Kier alpha value is -1.04. The Balaban J connectivity index is 2.42. The first kappa shape index (κ1) is 15.0. The van der Waals surface area contributed by atoms with Crippen molar-refractivity contribution in [1.29, 1.82) is 0 Å². The van der Waals surface area contributed by atoms with Gasteiger partial charge in [0.2, 0.25) is 11.8 Å². The lowest BCUT2D eigenvalue weighted by Crippen LogP contribution is -2.43. The van der Waals surface area contributed by atoms with E-state index in [1.165, 1.54) is 11.8 Å². The van der Waals surface area contributed by atoms with Crippen molar-refractivity contribution in [2.75, 3.05) is 5.75 Å². The Kier molecular flexibility index (Phi) is 5.19. The molecule has 0 radical (unpaired) electrons. The minimum absolute atomic E-state index is 0.0175. The van der Waals surface area contributed by atoms with Crippen molar-refractivity contribution < 1.29 is 9.21 Å². The van der Waals surface area contributed by atoms with E-state index in [1.54, 1.807) is 0 Å². The molecule has 18 heavy (non-hydrogen) atoms. The first-order valence-electron chi connectivity index (χ1n) is 6.11. The van der Waals surface area contributed by atoms with E-state index < -0.39 is 0 Å². The van der Waals surface area contributed by atoms with Crippen LogP contribution in [0.3, 0.4) is 0 Å². The molecule has 0 fully saturated rings. The number of nitrogens with one attached hydrogen (secondary N) is 1. The maximum Gasteiger partial charge on any atom is 0.277 e. The molecule has 0 aromatic carbocycles. The number of carbonyl (C=O) groups is 1. The first-order valence-corrected chi connectivity index (χ1v) is 7.10. The van der Waals surface area contributed by atoms with Crippen LogP contribution in [0.2, 0.25) is 0 Å². The molecule has 0 aliphatic heterocycles. The van der Waals surface area contributed by atoms with Gasteiger partial charge in [-0.25, -0.2) is 0 Å². The molecule has 1 aromatic heterocycles. The zero-order chi connectivity index (χ0) is 13.8. The molecule has 6 heteroatoms. The van der Waals surface area contributed by atoms with Crippen LogP contribution in [0.15, 0.2) is 9.64 Å². The molecule has 1 heterocycles. The smallest absolute Gasteiger partial charge is 0.277 e. The average molecular weight is 271 g/mol. The summed E-state index contributed by atoms with van der Waals surface area (Å²) >= 11 is 1.27. The van der Waals surface area contributed by atoms with E-state index in [4.69, 9.17) is 4.42 Å². The molecule has 1 N–H and O–H groups in total. The van der Waals surface area contributed by atoms with Crippen molar-refractivity contribution in [3.63, 3.8) is 0 Å². The first-order chi connectivity index (χ1) is 8.34. The Morgan fingerprint density at radius 3 is 2.61 bits per heavy atom. The largest absolute Gasteiger partial charge is 0.416 e. The topological polar surface area (TPSA) is 68.0 Å². The highest BCUT2D eigenvalue weighted by Crippen LogP contribution is 2.20. The van der Waals surface area contributed by atoms with Crippen LogP contribution < -0.4 is 5.32 Å². The van der Waals surface area contributed by atoms with E-state index in [-0.39, 0.29) is 17.4 Å². The number of hydrogen-bond acceptors (Lipinski definition) is 5. The molecule has 102 valence electrons. The van der Waals surface area contributed by atoms with Crippen molar-refractivity contribution in [2.45, 2.75) is 57.7 Å². The van der Waals surface area contributed by atoms with Gasteiger partial charge >= 0.3 is 0 Å². The van der Waals surface area contributed by atoms with Gasteiger partial charge in [-0.2, -0.15) is 0 Å². The van der Waals surface area contributed by atoms with E-state index in [2.05, 4.69) is 15.5 Å². The Morgan fingerprint density at radius 2 is 2.11 bits per heavy atom. The van der Waals surface area contributed by atoms with Crippen LogP contribution in [-0.4, -0.2) is 27.4 Å². The van der Waals surface area contributed by atoms with Crippen LogP contribution in [0.1, 0.15) is 52.8 Å². The normalized spacial score (nSPS) is 11.9. The van der Waals surface area contributed by atoms with Crippen molar-refractivity contribution >= 4 is 17.7 Å². The lowest BCUT2D eigenvalue weighted by atomic mass is 10.0. The van der Waals surface area contributed by atoms with Gasteiger partial charge in [-0.15, -0.1) is 10.2 Å². The van der Waals surface area contributed by atoms with Gasteiger partial charge in [0.15, 0.2) is 0 Å². The fraction of sp³-hybridized carbons (Fsp3) is 0.750. The van der Waals surface area contributed by atoms with E-state index in [9.17, 15) is 4.79 Å². The summed E-state index contributed by atoms with van der Waals surface area (Å²) in [5.74, 6) is 1.09. The van der Waals surface area contributed by atoms with Crippen LogP contribution in [0.5, 0.6) is 0 Å². The summed E-state index contributed by atoms with van der Waals surface area (Å²) in [4.78, 5) is 11.7. The summed E-state index contributed by atoms with van der Waals surface area (Å²) in [7, 11) is 0. The van der Waals surface area contributed by atoms with Gasteiger partial charge in [-0.3, -0.25) is 4.79 Å². The lowest BCUT2D eigenvalue weighted by Gasteiger charge is -2.24. The van der Waals surface area contributed by atoms with Crippen LogP contribution in [0, 0.1) is 0 Å². The molecule has 1 rings (SSSR count). The van der Waals surface area contributed by atoms with Gasteiger partial charge in [0.25, 0.3) is 5.22 Å². The standard InChI is InChI=1S/C12H21N3O2S/c1-6-12(4,5)13-9(16)7-18-11-15-14-10(17-11)8(2)3/h8H,6-7H2,1-5H3,(H,13,16). The number of rotatable bonds is 6. The van der Waals surface area contributed by atoms with Crippen molar-refractivity contribution in [2.24, 2.45) is 0 Å². The summed E-state index contributed by atoms with van der Waals surface area (Å²) in [6.45, 7) is 10.0. The molecule has 0 aliphatic rings. The fourth-order valence-corrected chi connectivity index (χ4v) is 1.71. The van der Waals surface area contributed by atoms with E-state index >= 15 is 0 Å². The number of nitrogens with zero attached hydrogens (tertiary/aromatic N) is 2. The quantitative estimate of drug-likeness (QED) is 0.805. The van der Waals surface area contributed by atoms with Crippen molar-refractivity contribution in [3.05, 3.63) is 5.89 Å². The van der Waals surface area contributed by atoms with E-state index in [1.807, 2.05) is 34.6 Å². The molecule has 0 unspecified atom stereocenters. The predicted molar refractivity (Wildman–Crippen MR) is 71.6 cm³/mol. The minimum atomic E-state index is -0.171. The van der Waals surface area contributed by atoms with Gasteiger partial charge in [-0.1, -0.05) is 32.5 Å². The molecular weight excluding hydrogens is 250 g/mol. The van der Waals surface area contributed by atoms with E-state index in [0.717, 1.165) is 6.42 Å². The fourth-order valence-electron chi connectivity index (χ4n) is 1.14. The maximum absolute atomic E-state index is 11.7. The highest BCUT2D eigenvalue weighted by molar-refractivity contribution is 7.99. The van der Waals surface area contributed by atoms with Crippen LogP contribution in [0.4, 0.5) is 0 Å². The van der Waals surface area contributed by atoms with Crippen LogP contribution in [0.25, 0.3) is 0 Å². The highest BCUT2D eigenvalue weighted by atomic mass is 32.2. The summed E-state index contributed by atoms with van der Waals surface area (Å²) in [5, 5.41) is 11.2. The highest BCUT2D eigenvalue weighted by Gasteiger charge is 2.18. The van der Waals surface area contributed by atoms with Gasteiger partial charge in [0.05, 0.1) is 5.75 Å². The number of amides is 1. The molecule has 0 atom stereocenters. The van der Waals surface area contributed by atoms with Crippen molar-refractivity contribution in [3.8, 4) is 0 Å². The molecule has 0 aliphatic carbocycles. The summed E-state index contributed by atoms with van der Waals surface area (Å²) < 4.78 is 5.41. The second kappa shape index (κ2) is 6.22. The third kappa shape index (κ3) is 4.68. The van der Waals surface area contributed by atoms with E-state index in [0.29, 0.717) is 16.9 Å². The Morgan fingerprint density at radius 1 is 1.44 bits per heavy atom. The van der Waals surface area contributed by atoms with Crippen LogP contribution >= 0.6 is 11.8 Å². The molecule has 0 saturated heterocycles. The average Bonchev–Trinajstić information content (AvgIpc) is 2.74. The zero-order valence-electron chi connectivity index (χ0n) is 11.6.